The van der Waals surface area contributed by atoms with Crippen LogP contribution >= 0.6 is 0 Å². The zero-order valence-electron chi connectivity index (χ0n) is 8.52. The summed E-state index contributed by atoms with van der Waals surface area (Å²) in [4.78, 5) is 0. The first-order chi connectivity index (χ1) is 5.66. The van der Waals surface area contributed by atoms with Gasteiger partial charge in [0, 0.05) is 6.54 Å². The normalized spacial score (nSPS) is 12.9. The van der Waals surface area contributed by atoms with Crippen LogP contribution in [-0.2, 0) is 4.74 Å². The molecule has 0 aromatic rings. The van der Waals surface area contributed by atoms with Gasteiger partial charge in [0.25, 0.3) is 0 Å². The highest BCUT2D eigenvalue weighted by atomic mass is 16.5. The van der Waals surface area contributed by atoms with E-state index in [0.717, 1.165) is 26.1 Å². The zero-order chi connectivity index (χ0) is 9.40. The predicted molar refractivity (Wildman–Crippen MR) is 53.4 cm³/mol. The van der Waals surface area contributed by atoms with E-state index in [1.807, 2.05) is 6.92 Å². The minimum atomic E-state index is 0.310. The van der Waals surface area contributed by atoms with Gasteiger partial charge in [-0.15, -0.1) is 6.58 Å². The van der Waals surface area contributed by atoms with Crippen LogP contribution in [0.3, 0.4) is 0 Å². The Morgan fingerprint density at radius 3 is 2.75 bits per heavy atom. The molecule has 0 spiro atoms. The third-order valence-corrected chi connectivity index (χ3v) is 1.61. The zero-order valence-corrected chi connectivity index (χ0v) is 8.52. The second kappa shape index (κ2) is 7.32. The molecule has 0 fully saturated rings. The molecule has 0 saturated heterocycles. The maximum atomic E-state index is 5.53. The van der Waals surface area contributed by atoms with Crippen LogP contribution in [0.5, 0.6) is 0 Å². The lowest BCUT2D eigenvalue weighted by Crippen LogP contribution is -2.26. The number of hydrogen-bond acceptors (Lipinski definition) is 2. The van der Waals surface area contributed by atoms with E-state index in [1.54, 1.807) is 0 Å². The Bertz CT molecular complexity index is 123. The van der Waals surface area contributed by atoms with Crippen LogP contribution in [0.2, 0.25) is 0 Å². The van der Waals surface area contributed by atoms with Crippen LogP contribution in [0.1, 0.15) is 27.2 Å². The molecule has 0 aromatic heterocycles. The monoisotopic (exact) mass is 171 g/mol. The minimum Gasteiger partial charge on any atom is -0.377 e. The van der Waals surface area contributed by atoms with Gasteiger partial charge in [-0.2, -0.15) is 0 Å². The lowest BCUT2D eigenvalue weighted by Gasteiger charge is -2.12. The van der Waals surface area contributed by atoms with Crippen LogP contribution in [0.15, 0.2) is 12.2 Å². The molecule has 0 amide bonds. The predicted octanol–water partition coefficient (Wildman–Crippen LogP) is 1.97. The van der Waals surface area contributed by atoms with Crippen molar-refractivity contribution >= 4 is 0 Å². The molecule has 0 saturated carbocycles. The quantitative estimate of drug-likeness (QED) is 0.591. The molecule has 1 N–H and O–H groups in total. The van der Waals surface area contributed by atoms with Gasteiger partial charge in [0.15, 0.2) is 0 Å². The number of likely N-dealkylation sites (N-methyl/N-ethyl adjacent to an activating group) is 1. The van der Waals surface area contributed by atoms with Crippen molar-refractivity contribution in [1.29, 1.82) is 0 Å². The van der Waals surface area contributed by atoms with E-state index in [-0.39, 0.29) is 0 Å². The van der Waals surface area contributed by atoms with Crippen LogP contribution in [0.25, 0.3) is 0 Å². The fourth-order valence-electron chi connectivity index (χ4n) is 0.841. The van der Waals surface area contributed by atoms with Crippen molar-refractivity contribution < 1.29 is 4.74 Å². The summed E-state index contributed by atoms with van der Waals surface area (Å²) in [7, 11) is 0. The highest BCUT2D eigenvalue weighted by Crippen LogP contribution is 1.97. The molecule has 12 heavy (non-hydrogen) atoms. The molecule has 0 aliphatic heterocycles. The smallest absolute Gasteiger partial charge is 0.0671 e. The van der Waals surface area contributed by atoms with Gasteiger partial charge in [0.1, 0.15) is 0 Å². The Labute approximate surface area is 76.0 Å². The van der Waals surface area contributed by atoms with Crippen molar-refractivity contribution in [1.82, 2.24) is 5.32 Å². The summed E-state index contributed by atoms with van der Waals surface area (Å²) >= 11 is 0. The molecule has 0 aliphatic rings. The molecule has 2 heteroatoms. The summed E-state index contributed by atoms with van der Waals surface area (Å²) in [5.41, 5.74) is 1.19. The summed E-state index contributed by atoms with van der Waals surface area (Å²) in [5, 5.41) is 3.24. The minimum absolute atomic E-state index is 0.310. The molecule has 72 valence electrons. The first kappa shape index (κ1) is 11.7. The van der Waals surface area contributed by atoms with E-state index in [9.17, 15) is 0 Å². The molecule has 0 bridgehead atoms. The summed E-state index contributed by atoms with van der Waals surface area (Å²) in [5.74, 6) is 0. The van der Waals surface area contributed by atoms with Gasteiger partial charge in [-0.05, 0) is 26.8 Å². The molecule has 0 aromatic carbocycles. The number of ether oxygens (including phenoxy) is 1. The van der Waals surface area contributed by atoms with Crippen molar-refractivity contribution in [2.45, 2.75) is 33.3 Å². The van der Waals surface area contributed by atoms with E-state index in [4.69, 9.17) is 4.74 Å². The summed E-state index contributed by atoms with van der Waals surface area (Å²) < 4.78 is 5.53. The third-order valence-electron chi connectivity index (χ3n) is 1.61. The highest BCUT2D eigenvalue weighted by molar-refractivity contribution is 4.87. The molecule has 2 nitrogen and oxygen atoms in total. The summed E-state index contributed by atoms with van der Waals surface area (Å²) in [6.45, 7) is 12.8. The standard InChI is InChI=1S/C10H21NO/c1-5-11-8-10(4)12-7-6-9(2)3/h10-11H,2,5-8H2,1,3-4H3. The van der Waals surface area contributed by atoms with E-state index in [0.29, 0.717) is 6.10 Å². The van der Waals surface area contributed by atoms with Gasteiger partial charge < -0.3 is 10.1 Å². The van der Waals surface area contributed by atoms with Crippen LogP contribution in [0.4, 0.5) is 0 Å². The van der Waals surface area contributed by atoms with E-state index >= 15 is 0 Å². The van der Waals surface area contributed by atoms with E-state index in [2.05, 4.69) is 25.7 Å². The van der Waals surface area contributed by atoms with Gasteiger partial charge in [-0.1, -0.05) is 12.5 Å². The first-order valence-corrected chi connectivity index (χ1v) is 4.63. The van der Waals surface area contributed by atoms with Gasteiger partial charge in [-0.25, -0.2) is 0 Å². The second-order valence-corrected chi connectivity index (χ2v) is 3.20. The average Bonchev–Trinajstić information content (AvgIpc) is 2.00. The van der Waals surface area contributed by atoms with Crippen LogP contribution < -0.4 is 5.32 Å². The number of hydrogen-bond donors (Lipinski definition) is 1. The fourth-order valence-corrected chi connectivity index (χ4v) is 0.841. The topological polar surface area (TPSA) is 21.3 Å². The Morgan fingerprint density at radius 2 is 2.25 bits per heavy atom. The van der Waals surface area contributed by atoms with Gasteiger partial charge in [-0.3, -0.25) is 0 Å². The molecule has 0 rings (SSSR count). The van der Waals surface area contributed by atoms with Crippen LogP contribution in [-0.4, -0.2) is 25.8 Å². The Hall–Kier alpha value is -0.340. The second-order valence-electron chi connectivity index (χ2n) is 3.20. The molecule has 1 atom stereocenters. The lowest BCUT2D eigenvalue weighted by molar-refractivity contribution is 0.0686. The van der Waals surface area contributed by atoms with Gasteiger partial charge >= 0.3 is 0 Å². The lowest BCUT2D eigenvalue weighted by atomic mass is 10.2. The summed E-state index contributed by atoms with van der Waals surface area (Å²) in [6.07, 6.45) is 1.28. The molecular weight excluding hydrogens is 150 g/mol. The first-order valence-electron chi connectivity index (χ1n) is 4.63. The van der Waals surface area contributed by atoms with Crippen LogP contribution in [0, 0.1) is 0 Å². The summed E-state index contributed by atoms with van der Waals surface area (Å²) in [6, 6.07) is 0. The van der Waals surface area contributed by atoms with Gasteiger partial charge in [0.2, 0.25) is 0 Å². The molecule has 1 unspecified atom stereocenters. The molecule has 0 heterocycles. The average molecular weight is 171 g/mol. The van der Waals surface area contributed by atoms with Crippen molar-refractivity contribution in [3.63, 3.8) is 0 Å². The van der Waals surface area contributed by atoms with E-state index in [1.165, 1.54) is 5.57 Å². The van der Waals surface area contributed by atoms with Crippen molar-refractivity contribution in [3.05, 3.63) is 12.2 Å². The largest absolute Gasteiger partial charge is 0.377 e. The van der Waals surface area contributed by atoms with Gasteiger partial charge in [0.05, 0.1) is 12.7 Å². The Balaban J connectivity index is 3.19. The SMILES string of the molecule is C=C(C)CCOC(C)CNCC. The Kier molecular flexibility index (Phi) is 7.11. The molecular formula is C10H21NO. The number of nitrogens with one attached hydrogen (secondary N) is 1. The third kappa shape index (κ3) is 7.76. The van der Waals surface area contributed by atoms with E-state index < -0.39 is 0 Å². The van der Waals surface area contributed by atoms with Crippen molar-refractivity contribution in [3.8, 4) is 0 Å². The van der Waals surface area contributed by atoms with Crippen molar-refractivity contribution in [2.24, 2.45) is 0 Å². The fraction of sp³-hybridized carbons (Fsp3) is 0.800. The highest BCUT2D eigenvalue weighted by Gasteiger charge is 1.99. The number of rotatable bonds is 7. The molecule has 0 radical (unpaired) electrons. The molecule has 0 aliphatic carbocycles. The maximum absolute atomic E-state index is 5.53. The maximum Gasteiger partial charge on any atom is 0.0671 e. The van der Waals surface area contributed by atoms with Crippen molar-refractivity contribution in [2.75, 3.05) is 19.7 Å². The Morgan fingerprint density at radius 1 is 1.58 bits per heavy atom.